The Balaban J connectivity index is 1.29. The lowest BCUT2D eigenvalue weighted by atomic mass is 10.1. The van der Waals surface area contributed by atoms with Crippen molar-refractivity contribution in [1.29, 1.82) is 0 Å². The van der Waals surface area contributed by atoms with Crippen molar-refractivity contribution >= 4 is 65.0 Å². The van der Waals surface area contributed by atoms with Gasteiger partial charge < -0.3 is 15.0 Å². The van der Waals surface area contributed by atoms with Gasteiger partial charge in [0, 0.05) is 34.4 Å². The molecule has 3 atom stereocenters. The van der Waals surface area contributed by atoms with E-state index in [-0.39, 0.29) is 18.5 Å². The fourth-order valence-electron chi connectivity index (χ4n) is 4.88. The molecule has 2 aliphatic heterocycles. The van der Waals surface area contributed by atoms with Crippen LogP contribution in [0, 0.1) is 0 Å². The number of Topliss-reactive ketones (excluding diaryl/α,β-unsaturated/α-hetero) is 1. The molecule has 3 aromatic heterocycles. The second-order valence-corrected chi connectivity index (χ2v) is 12.8. The van der Waals surface area contributed by atoms with Gasteiger partial charge in [0.15, 0.2) is 10.8 Å². The molecule has 2 saturated heterocycles. The van der Waals surface area contributed by atoms with Crippen LogP contribution in [0.3, 0.4) is 0 Å². The van der Waals surface area contributed by atoms with Crippen LogP contribution in [0.15, 0.2) is 42.0 Å². The highest BCUT2D eigenvalue weighted by Gasteiger charge is 2.55. The van der Waals surface area contributed by atoms with E-state index in [9.17, 15) is 27.6 Å². The van der Waals surface area contributed by atoms with Gasteiger partial charge >= 0.3 is 6.09 Å². The van der Waals surface area contributed by atoms with Crippen LogP contribution in [-0.2, 0) is 19.6 Å². The molecular weight excluding hydrogens is 552 g/mol. The number of sulfonamides is 1. The summed E-state index contributed by atoms with van der Waals surface area (Å²) in [5.41, 5.74) is -0.106. The van der Waals surface area contributed by atoms with E-state index in [4.69, 9.17) is 4.74 Å². The summed E-state index contributed by atoms with van der Waals surface area (Å²) in [5.74, 6) is -0.963. The molecule has 5 heterocycles. The molecule has 3 unspecified atom stereocenters. The molecule has 0 aliphatic carbocycles. The number of ketones is 1. The number of amides is 2. The standard InChI is InChI=1S/C24H24N4O7S3/c1-2-4-15(26-24(32)35-20-11-19-18(37-20)7-10-36-19)22(30)27-9-6-16-21(27)17(29)13-28(16)38(33,34)23(31)14-5-3-8-25-12-14/h3,5,7-8,10-12,15-16,21H,2,4,6,9,13H2,1H3,(H,26,32). The summed E-state index contributed by atoms with van der Waals surface area (Å²) < 4.78 is 34.5. The zero-order chi connectivity index (χ0) is 27.0. The van der Waals surface area contributed by atoms with Gasteiger partial charge in [0.2, 0.25) is 5.91 Å². The van der Waals surface area contributed by atoms with Gasteiger partial charge in [-0.2, -0.15) is 4.31 Å². The minimum atomic E-state index is -4.51. The van der Waals surface area contributed by atoms with Crippen LogP contribution in [0.5, 0.6) is 5.06 Å². The van der Waals surface area contributed by atoms with E-state index in [0.717, 1.165) is 19.9 Å². The van der Waals surface area contributed by atoms with Crippen LogP contribution in [0.25, 0.3) is 9.40 Å². The van der Waals surface area contributed by atoms with E-state index < -0.39 is 57.6 Å². The number of fused-ring (bicyclic) bond motifs is 2. The van der Waals surface area contributed by atoms with Crippen molar-refractivity contribution < 1.29 is 32.3 Å². The summed E-state index contributed by atoms with van der Waals surface area (Å²) in [6.07, 6.45) is 2.85. The topological polar surface area (TPSA) is 143 Å². The number of rotatable bonds is 7. The number of hydrogen-bond donors (Lipinski definition) is 1. The summed E-state index contributed by atoms with van der Waals surface area (Å²) in [7, 11) is -4.51. The molecule has 0 aromatic carbocycles. The fraction of sp³-hybridized carbons (Fsp3) is 0.375. The Bertz CT molecular complexity index is 1470. The maximum absolute atomic E-state index is 13.5. The van der Waals surface area contributed by atoms with Crippen molar-refractivity contribution in [2.45, 2.75) is 44.3 Å². The number of pyridine rings is 1. The van der Waals surface area contributed by atoms with Gasteiger partial charge in [-0.15, -0.1) is 11.3 Å². The molecule has 2 amide bonds. The Morgan fingerprint density at radius 1 is 1.26 bits per heavy atom. The normalized spacial score (nSPS) is 20.4. The number of nitrogens with one attached hydrogen (secondary N) is 1. The molecule has 1 N–H and O–H groups in total. The molecule has 2 aliphatic rings. The van der Waals surface area contributed by atoms with Crippen molar-refractivity contribution in [2.24, 2.45) is 0 Å². The zero-order valence-electron chi connectivity index (χ0n) is 20.2. The van der Waals surface area contributed by atoms with Crippen molar-refractivity contribution in [3.8, 4) is 5.06 Å². The molecule has 3 aromatic rings. The van der Waals surface area contributed by atoms with Gasteiger partial charge in [-0.05, 0) is 36.4 Å². The minimum absolute atomic E-state index is 0.106. The van der Waals surface area contributed by atoms with E-state index in [1.165, 1.54) is 45.9 Å². The van der Waals surface area contributed by atoms with Crippen LogP contribution in [0.2, 0.25) is 0 Å². The molecule has 11 nitrogen and oxygen atoms in total. The van der Waals surface area contributed by atoms with E-state index in [0.29, 0.717) is 17.9 Å². The SMILES string of the molecule is CCCC(NC(=O)Oc1cc2sccc2s1)C(=O)N1CCC2C1C(=O)CN2S(=O)(=O)C(=O)c1cccnc1. The number of carbonyl (C=O) groups is 4. The number of carbonyl (C=O) groups excluding carboxylic acids is 4. The lowest BCUT2D eigenvalue weighted by molar-refractivity contribution is -0.138. The summed E-state index contributed by atoms with van der Waals surface area (Å²) in [6, 6.07) is 3.63. The Labute approximate surface area is 226 Å². The van der Waals surface area contributed by atoms with Gasteiger partial charge in [0.05, 0.1) is 18.2 Å². The van der Waals surface area contributed by atoms with Crippen molar-refractivity contribution in [1.82, 2.24) is 19.5 Å². The van der Waals surface area contributed by atoms with Crippen molar-refractivity contribution in [3.05, 3.63) is 47.6 Å². The largest absolute Gasteiger partial charge is 0.414 e. The van der Waals surface area contributed by atoms with E-state index in [2.05, 4.69) is 10.3 Å². The monoisotopic (exact) mass is 576 g/mol. The third-order valence-corrected chi connectivity index (χ3v) is 10.3. The molecular formula is C24H24N4O7S3. The van der Waals surface area contributed by atoms with E-state index >= 15 is 0 Å². The van der Waals surface area contributed by atoms with Gasteiger partial charge in [-0.25, -0.2) is 13.2 Å². The number of aromatic nitrogens is 1. The average molecular weight is 577 g/mol. The summed E-state index contributed by atoms with van der Waals surface area (Å²) in [5, 5.41) is 3.80. The number of hydrogen-bond acceptors (Lipinski definition) is 10. The van der Waals surface area contributed by atoms with Crippen LogP contribution in [-0.4, -0.2) is 76.7 Å². The van der Waals surface area contributed by atoms with E-state index in [1.807, 2.05) is 18.4 Å². The molecule has 0 spiro atoms. The zero-order valence-corrected chi connectivity index (χ0v) is 22.7. The number of nitrogens with zero attached hydrogens (tertiary/aromatic N) is 3. The number of likely N-dealkylation sites (tertiary alicyclic amines) is 1. The highest BCUT2D eigenvalue weighted by molar-refractivity contribution is 8.04. The fourth-order valence-corrected chi connectivity index (χ4v) is 8.34. The highest BCUT2D eigenvalue weighted by Crippen LogP contribution is 2.35. The lowest BCUT2D eigenvalue weighted by Gasteiger charge is -2.27. The first-order valence-corrected chi connectivity index (χ1v) is 15.1. The van der Waals surface area contributed by atoms with Crippen molar-refractivity contribution in [2.75, 3.05) is 13.1 Å². The molecule has 0 radical (unpaired) electrons. The van der Waals surface area contributed by atoms with Crippen LogP contribution < -0.4 is 10.1 Å². The lowest BCUT2D eigenvalue weighted by Crippen LogP contribution is -2.53. The van der Waals surface area contributed by atoms with Gasteiger partial charge in [0.25, 0.3) is 15.1 Å². The maximum atomic E-state index is 13.5. The third kappa shape index (κ3) is 4.84. The molecule has 5 rings (SSSR count). The van der Waals surface area contributed by atoms with Crippen molar-refractivity contribution in [3.63, 3.8) is 0 Å². The quantitative estimate of drug-likeness (QED) is 0.452. The maximum Gasteiger partial charge on any atom is 0.414 e. The first-order chi connectivity index (χ1) is 18.2. The van der Waals surface area contributed by atoms with Crippen LogP contribution in [0.1, 0.15) is 36.5 Å². The Kier molecular flexibility index (Phi) is 7.31. The second-order valence-electron chi connectivity index (χ2n) is 8.97. The predicted octanol–water partition coefficient (Wildman–Crippen LogP) is 2.64. The minimum Gasteiger partial charge on any atom is -0.399 e. The molecule has 38 heavy (non-hydrogen) atoms. The average Bonchev–Trinajstić information content (AvgIpc) is 3.66. The number of thiophene rings is 2. The third-order valence-electron chi connectivity index (χ3n) is 6.58. The first kappa shape index (κ1) is 26.4. The molecule has 2 fully saturated rings. The first-order valence-electron chi connectivity index (χ1n) is 12.0. The predicted molar refractivity (Wildman–Crippen MR) is 141 cm³/mol. The van der Waals surface area contributed by atoms with Gasteiger partial charge in [-0.1, -0.05) is 24.7 Å². The molecule has 0 bridgehead atoms. The second kappa shape index (κ2) is 10.5. The molecule has 14 heteroatoms. The molecule has 200 valence electrons. The van der Waals surface area contributed by atoms with E-state index in [1.54, 1.807) is 6.07 Å². The van der Waals surface area contributed by atoms with Gasteiger partial charge in [-0.3, -0.25) is 19.4 Å². The number of ether oxygens (including phenoxy) is 1. The van der Waals surface area contributed by atoms with Gasteiger partial charge in [0.1, 0.15) is 12.1 Å². The Hall–Kier alpha value is -3.20. The summed E-state index contributed by atoms with van der Waals surface area (Å²) in [4.78, 5) is 56.9. The molecule has 0 saturated carbocycles. The smallest absolute Gasteiger partial charge is 0.399 e. The Morgan fingerprint density at radius 3 is 2.79 bits per heavy atom. The Morgan fingerprint density at radius 2 is 2.08 bits per heavy atom. The van der Waals surface area contributed by atoms with Crippen LogP contribution in [0.4, 0.5) is 4.79 Å². The summed E-state index contributed by atoms with van der Waals surface area (Å²) >= 11 is 2.84. The highest BCUT2D eigenvalue weighted by atomic mass is 32.2. The van der Waals surface area contributed by atoms with Crippen LogP contribution >= 0.6 is 22.7 Å². The summed E-state index contributed by atoms with van der Waals surface area (Å²) in [6.45, 7) is 1.47.